The molecule has 3 rings (SSSR count). The molecule has 2 atom stereocenters. The second kappa shape index (κ2) is 6.12. The normalized spacial score (nSPS) is 26.1. The molecule has 3 heteroatoms. The van der Waals surface area contributed by atoms with Crippen LogP contribution in [0.3, 0.4) is 0 Å². The van der Waals surface area contributed by atoms with Gasteiger partial charge in [0.25, 0.3) is 0 Å². The van der Waals surface area contributed by atoms with E-state index in [2.05, 4.69) is 41.5 Å². The number of hydrogen-bond donors (Lipinski definition) is 2. The molecule has 1 heterocycles. The van der Waals surface area contributed by atoms with Crippen molar-refractivity contribution in [3.63, 3.8) is 0 Å². The number of para-hydroxylation sites is 1. The fourth-order valence-corrected chi connectivity index (χ4v) is 3.61. The third-order valence-electron chi connectivity index (χ3n) is 4.76. The molecule has 1 fully saturated rings. The molecule has 1 aliphatic rings. The molecule has 1 aliphatic carbocycles. The minimum Gasteiger partial charge on any atom is -0.394 e. The second-order valence-corrected chi connectivity index (χ2v) is 6.49. The summed E-state index contributed by atoms with van der Waals surface area (Å²) in [5.74, 6) is 0.684. The standard InChI is InChI=1S/C18H24N2O/c1-14-5-3-9-18(11-14,13-21)20-12-16-7-2-6-15-8-4-10-19-17(15)16/h2,4,6-8,10,14,20-21H,3,5,9,11-13H2,1H3. The minimum absolute atomic E-state index is 0.116. The molecule has 3 nitrogen and oxygen atoms in total. The largest absolute Gasteiger partial charge is 0.394 e. The molecule has 0 radical (unpaired) electrons. The van der Waals surface area contributed by atoms with E-state index < -0.39 is 0 Å². The van der Waals surface area contributed by atoms with Gasteiger partial charge in [-0.2, -0.15) is 0 Å². The molecule has 1 saturated carbocycles. The molecule has 2 N–H and O–H groups in total. The Bertz CT molecular complexity index is 608. The van der Waals surface area contributed by atoms with Crippen molar-refractivity contribution in [2.45, 2.75) is 44.7 Å². The van der Waals surface area contributed by atoms with Crippen LogP contribution in [0.15, 0.2) is 36.5 Å². The maximum atomic E-state index is 9.87. The van der Waals surface area contributed by atoms with Gasteiger partial charge in [-0.25, -0.2) is 0 Å². The third kappa shape index (κ3) is 3.09. The highest BCUT2D eigenvalue weighted by Gasteiger charge is 2.33. The van der Waals surface area contributed by atoms with Crippen molar-refractivity contribution in [1.29, 1.82) is 0 Å². The number of hydrogen-bond acceptors (Lipinski definition) is 3. The van der Waals surface area contributed by atoms with Gasteiger partial charge in [-0.1, -0.05) is 44.0 Å². The van der Waals surface area contributed by atoms with Gasteiger partial charge < -0.3 is 10.4 Å². The lowest BCUT2D eigenvalue weighted by molar-refractivity contribution is 0.0983. The van der Waals surface area contributed by atoms with Crippen LogP contribution in [-0.2, 0) is 6.54 Å². The van der Waals surface area contributed by atoms with Crippen molar-refractivity contribution in [3.8, 4) is 0 Å². The smallest absolute Gasteiger partial charge is 0.0746 e. The summed E-state index contributed by atoms with van der Waals surface area (Å²) in [6.45, 7) is 3.27. The van der Waals surface area contributed by atoms with Crippen molar-refractivity contribution >= 4 is 10.9 Å². The number of nitrogens with zero attached hydrogens (tertiary/aromatic N) is 1. The van der Waals surface area contributed by atoms with Gasteiger partial charge in [0, 0.05) is 23.7 Å². The lowest BCUT2D eigenvalue weighted by Crippen LogP contribution is -2.51. The van der Waals surface area contributed by atoms with Crippen LogP contribution < -0.4 is 5.32 Å². The van der Waals surface area contributed by atoms with Crippen LogP contribution in [0.25, 0.3) is 10.9 Å². The fourth-order valence-electron chi connectivity index (χ4n) is 3.61. The van der Waals surface area contributed by atoms with Crippen molar-refractivity contribution < 1.29 is 5.11 Å². The minimum atomic E-state index is -0.116. The molecule has 2 aromatic rings. The predicted octanol–water partition coefficient (Wildman–Crippen LogP) is 3.27. The number of benzene rings is 1. The highest BCUT2D eigenvalue weighted by Crippen LogP contribution is 2.32. The van der Waals surface area contributed by atoms with Gasteiger partial charge >= 0.3 is 0 Å². The zero-order valence-electron chi connectivity index (χ0n) is 12.7. The van der Waals surface area contributed by atoms with Crippen molar-refractivity contribution in [2.75, 3.05) is 6.61 Å². The Morgan fingerprint density at radius 1 is 1.33 bits per heavy atom. The first-order chi connectivity index (χ1) is 10.2. The molecule has 0 saturated heterocycles. The van der Waals surface area contributed by atoms with Gasteiger partial charge in [0.05, 0.1) is 12.1 Å². The summed E-state index contributed by atoms with van der Waals surface area (Å²) >= 11 is 0. The molecule has 2 unspecified atom stereocenters. The lowest BCUT2D eigenvalue weighted by atomic mass is 9.76. The Balaban J connectivity index is 1.79. The first-order valence-electron chi connectivity index (χ1n) is 7.91. The topological polar surface area (TPSA) is 45.1 Å². The van der Waals surface area contributed by atoms with Gasteiger partial charge in [0.2, 0.25) is 0 Å². The number of fused-ring (bicyclic) bond motifs is 1. The maximum Gasteiger partial charge on any atom is 0.0746 e. The van der Waals surface area contributed by atoms with Crippen LogP contribution in [0.2, 0.25) is 0 Å². The number of aromatic nitrogens is 1. The van der Waals surface area contributed by atoms with Crippen molar-refractivity contribution in [2.24, 2.45) is 5.92 Å². The number of pyridine rings is 1. The molecular formula is C18H24N2O. The highest BCUT2D eigenvalue weighted by molar-refractivity contribution is 5.81. The van der Waals surface area contributed by atoms with Crippen LogP contribution in [0, 0.1) is 5.92 Å². The van der Waals surface area contributed by atoms with E-state index >= 15 is 0 Å². The third-order valence-corrected chi connectivity index (χ3v) is 4.76. The zero-order chi connectivity index (χ0) is 14.7. The summed E-state index contributed by atoms with van der Waals surface area (Å²) in [5.41, 5.74) is 2.15. The fraction of sp³-hybridized carbons (Fsp3) is 0.500. The second-order valence-electron chi connectivity index (χ2n) is 6.49. The first kappa shape index (κ1) is 14.5. The van der Waals surface area contributed by atoms with Crippen LogP contribution >= 0.6 is 0 Å². The predicted molar refractivity (Wildman–Crippen MR) is 86.0 cm³/mol. The van der Waals surface area contributed by atoms with E-state index in [0.29, 0.717) is 5.92 Å². The maximum absolute atomic E-state index is 9.87. The molecule has 0 spiro atoms. The average molecular weight is 284 g/mol. The lowest BCUT2D eigenvalue weighted by Gasteiger charge is -2.39. The van der Waals surface area contributed by atoms with E-state index in [1.165, 1.54) is 23.8 Å². The molecule has 0 amide bonds. The van der Waals surface area contributed by atoms with Gasteiger partial charge in [-0.15, -0.1) is 0 Å². The Morgan fingerprint density at radius 2 is 2.19 bits per heavy atom. The van der Waals surface area contributed by atoms with Crippen molar-refractivity contribution in [3.05, 3.63) is 42.1 Å². The van der Waals surface area contributed by atoms with E-state index in [-0.39, 0.29) is 12.1 Å². The van der Waals surface area contributed by atoms with Gasteiger partial charge in [-0.3, -0.25) is 4.98 Å². The SMILES string of the molecule is CC1CCCC(CO)(NCc2cccc3cccnc23)C1. The Hall–Kier alpha value is -1.45. The van der Waals surface area contributed by atoms with Crippen LogP contribution in [0.5, 0.6) is 0 Å². The summed E-state index contributed by atoms with van der Waals surface area (Å²) in [6.07, 6.45) is 6.44. The molecule has 0 bridgehead atoms. The Labute approximate surface area is 126 Å². The Morgan fingerprint density at radius 3 is 3.00 bits per heavy atom. The molecular weight excluding hydrogens is 260 g/mol. The zero-order valence-corrected chi connectivity index (χ0v) is 12.7. The Kier molecular flexibility index (Phi) is 4.22. The monoisotopic (exact) mass is 284 g/mol. The summed E-state index contributed by atoms with van der Waals surface area (Å²) < 4.78 is 0. The van der Waals surface area contributed by atoms with Crippen LogP contribution in [0.4, 0.5) is 0 Å². The van der Waals surface area contributed by atoms with Gasteiger partial charge in [0.1, 0.15) is 0 Å². The summed E-state index contributed by atoms with van der Waals surface area (Å²) in [4.78, 5) is 4.51. The van der Waals surface area contributed by atoms with E-state index in [9.17, 15) is 5.11 Å². The molecule has 21 heavy (non-hydrogen) atoms. The average Bonchev–Trinajstić information content (AvgIpc) is 2.53. The first-order valence-corrected chi connectivity index (χ1v) is 7.91. The van der Waals surface area contributed by atoms with Gasteiger partial charge in [-0.05, 0) is 30.4 Å². The molecule has 0 aliphatic heterocycles. The van der Waals surface area contributed by atoms with Crippen molar-refractivity contribution in [1.82, 2.24) is 10.3 Å². The van der Waals surface area contributed by atoms with Crippen LogP contribution in [-0.4, -0.2) is 22.2 Å². The highest BCUT2D eigenvalue weighted by atomic mass is 16.3. The summed E-state index contributed by atoms with van der Waals surface area (Å²) in [7, 11) is 0. The summed E-state index contributed by atoms with van der Waals surface area (Å²) in [5, 5.41) is 14.7. The molecule has 1 aromatic carbocycles. The van der Waals surface area contributed by atoms with Gasteiger partial charge in [0.15, 0.2) is 0 Å². The number of aliphatic hydroxyl groups excluding tert-OH is 1. The molecule has 1 aromatic heterocycles. The van der Waals surface area contributed by atoms with E-state index in [1.807, 2.05) is 12.3 Å². The van der Waals surface area contributed by atoms with Crippen LogP contribution in [0.1, 0.15) is 38.2 Å². The number of rotatable bonds is 4. The summed E-state index contributed by atoms with van der Waals surface area (Å²) in [6, 6.07) is 10.4. The number of aliphatic hydroxyl groups is 1. The number of nitrogens with one attached hydrogen (secondary N) is 1. The van der Waals surface area contributed by atoms with E-state index in [0.717, 1.165) is 24.9 Å². The van der Waals surface area contributed by atoms with E-state index in [4.69, 9.17) is 0 Å². The quantitative estimate of drug-likeness (QED) is 0.905. The molecule has 112 valence electrons. The van der Waals surface area contributed by atoms with E-state index in [1.54, 1.807) is 0 Å².